The van der Waals surface area contributed by atoms with Crippen molar-refractivity contribution in [1.82, 2.24) is 9.78 Å². The molecule has 3 rings (SSSR count). The molecule has 0 bridgehead atoms. The molecule has 3 nitrogen and oxygen atoms in total. The van der Waals surface area contributed by atoms with Gasteiger partial charge in [-0.3, -0.25) is 0 Å². The summed E-state index contributed by atoms with van der Waals surface area (Å²) in [6, 6.07) is 16.1. The summed E-state index contributed by atoms with van der Waals surface area (Å²) < 4.78 is 1.64. The fourth-order valence-electron chi connectivity index (χ4n) is 2.69. The van der Waals surface area contributed by atoms with Crippen LogP contribution < -0.4 is 0 Å². The second-order valence-corrected chi connectivity index (χ2v) is 5.56. The van der Waals surface area contributed by atoms with Crippen LogP contribution in [-0.2, 0) is 6.42 Å². The van der Waals surface area contributed by atoms with E-state index in [1.54, 1.807) is 4.68 Å². The Balaban J connectivity index is 2.20. The zero-order valence-corrected chi connectivity index (χ0v) is 13.2. The molecule has 0 aliphatic heterocycles. The summed E-state index contributed by atoms with van der Waals surface area (Å²) in [6.07, 6.45) is 0.773. The predicted molar refractivity (Wildman–Crippen MR) is 89.5 cm³/mol. The first-order chi connectivity index (χ1) is 10.6. The van der Waals surface area contributed by atoms with Gasteiger partial charge in [-0.15, -0.1) is 0 Å². The molecule has 1 N–H and O–H groups in total. The van der Waals surface area contributed by atoms with Crippen molar-refractivity contribution in [1.29, 1.82) is 0 Å². The van der Waals surface area contributed by atoms with Gasteiger partial charge in [-0.2, -0.15) is 5.10 Å². The van der Waals surface area contributed by atoms with Crippen LogP contribution in [0, 0.1) is 13.8 Å². The van der Waals surface area contributed by atoms with E-state index in [1.807, 2.05) is 43.3 Å². The summed E-state index contributed by atoms with van der Waals surface area (Å²) in [5.41, 5.74) is 5.93. The highest BCUT2D eigenvalue weighted by atomic mass is 16.3. The highest BCUT2D eigenvalue weighted by Gasteiger charge is 2.19. The van der Waals surface area contributed by atoms with E-state index >= 15 is 0 Å². The van der Waals surface area contributed by atoms with Crippen LogP contribution in [-0.4, -0.2) is 14.9 Å². The summed E-state index contributed by atoms with van der Waals surface area (Å²) in [5.74, 6) is 0.204. The Morgan fingerprint density at radius 1 is 1.00 bits per heavy atom. The van der Waals surface area contributed by atoms with Gasteiger partial charge in [0, 0.05) is 0 Å². The van der Waals surface area contributed by atoms with E-state index in [0.29, 0.717) is 0 Å². The van der Waals surface area contributed by atoms with Crippen molar-refractivity contribution in [2.75, 3.05) is 0 Å². The average Bonchev–Trinajstić information content (AvgIpc) is 2.85. The molecule has 0 spiro atoms. The number of aromatic hydroxyl groups is 1. The minimum Gasteiger partial charge on any atom is -0.493 e. The zero-order valence-electron chi connectivity index (χ0n) is 13.2. The third kappa shape index (κ3) is 2.39. The molecule has 0 saturated heterocycles. The van der Waals surface area contributed by atoms with Gasteiger partial charge in [-0.1, -0.05) is 55.0 Å². The summed E-state index contributed by atoms with van der Waals surface area (Å²) in [4.78, 5) is 0. The zero-order chi connectivity index (χ0) is 15.7. The molecule has 1 aromatic heterocycles. The summed E-state index contributed by atoms with van der Waals surface area (Å²) in [7, 11) is 0. The van der Waals surface area contributed by atoms with E-state index in [1.165, 1.54) is 5.56 Å². The lowest BCUT2D eigenvalue weighted by Crippen LogP contribution is -1.98. The van der Waals surface area contributed by atoms with Gasteiger partial charge in [-0.05, 0) is 37.5 Å². The number of aromatic nitrogens is 2. The number of nitrogens with zero attached hydrogens (tertiary/aromatic N) is 2. The Hall–Kier alpha value is -2.55. The second-order valence-electron chi connectivity index (χ2n) is 5.56. The van der Waals surface area contributed by atoms with Crippen LogP contribution in [0.1, 0.15) is 23.7 Å². The van der Waals surface area contributed by atoms with Gasteiger partial charge in [0.05, 0.1) is 16.9 Å². The van der Waals surface area contributed by atoms with Crippen LogP contribution >= 0.6 is 0 Å². The van der Waals surface area contributed by atoms with Gasteiger partial charge in [0.15, 0.2) is 0 Å². The molecule has 0 fully saturated rings. The SMILES string of the molecule is CCc1nn(-c2ccccc2C)c(O)c1-c1ccc(C)cc1. The molecule has 0 atom stereocenters. The molecule has 0 saturated carbocycles. The van der Waals surface area contributed by atoms with E-state index in [0.717, 1.165) is 34.5 Å². The number of hydrogen-bond donors (Lipinski definition) is 1. The van der Waals surface area contributed by atoms with E-state index in [4.69, 9.17) is 0 Å². The maximum Gasteiger partial charge on any atom is 0.222 e. The summed E-state index contributed by atoms with van der Waals surface area (Å²) in [6.45, 7) is 6.14. The number of para-hydroxylation sites is 1. The molecule has 1 heterocycles. The van der Waals surface area contributed by atoms with E-state index < -0.39 is 0 Å². The topological polar surface area (TPSA) is 38.0 Å². The van der Waals surface area contributed by atoms with E-state index in [9.17, 15) is 5.11 Å². The Labute approximate surface area is 130 Å². The number of benzene rings is 2. The Morgan fingerprint density at radius 3 is 2.32 bits per heavy atom. The first-order valence-corrected chi connectivity index (χ1v) is 7.55. The van der Waals surface area contributed by atoms with Crippen molar-refractivity contribution in [3.8, 4) is 22.7 Å². The minimum absolute atomic E-state index is 0.204. The highest BCUT2D eigenvalue weighted by molar-refractivity contribution is 5.72. The lowest BCUT2D eigenvalue weighted by Gasteiger charge is -2.07. The molecule has 112 valence electrons. The number of aryl methyl sites for hydroxylation is 3. The molecule has 3 aromatic rings. The van der Waals surface area contributed by atoms with Gasteiger partial charge < -0.3 is 5.11 Å². The Bertz CT molecular complexity index is 801. The molecular formula is C19H20N2O. The summed E-state index contributed by atoms with van der Waals surface area (Å²) in [5, 5.41) is 15.4. The largest absolute Gasteiger partial charge is 0.493 e. The van der Waals surface area contributed by atoms with Crippen LogP contribution in [0.5, 0.6) is 5.88 Å². The maximum atomic E-state index is 10.7. The number of hydrogen-bond acceptors (Lipinski definition) is 2. The third-order valence-electron chi connectivity index (χ3n) is 3.95. The predicted octanol–water partition coefficient (Wildman–Crippen LogP) is 4.42. The Kier molecular flexibility index (Phi) is 3.72. The maximum absolute atomic E-state index is 10.7. The molecule has 3 heteroatoms. The average molecular weight is 292 g/mol. The lowest BCUT2D eigenvalue weighted by atomic mass is 10.0. The Morgan fingerprint density at radius 2 is 1.68 bits per heavy atom. The van der Waals surface area contributed by atoms with Crippen molar-refractivity contribution in [3.63, 3.8) is 0 Å². The van der Waals surface area contributed by atoms with E-state index in [2.05, 4.69) is 31.1 Å². The van der Waals surface area contributed by atoms with Gasteiger partial charge in [0.1, 0.15) is 0 Å². The second kappa shape index (κ2) is 5.68. The van der Waals surface area contributed by atoms with Gasteiger partial charge >= 0.3 is 0 Å². The van der Waals surface area contributed by atoms with Crippen molar-refractivity contribution >= 4 is 0 Å². The van der Waals surface area contributed by atoms with Crippen LogP contribution in [0.4, 0.5) is 0 Å². The third-order valence-corrected chi connectivity index (χ3v) is 3.95. The first-order valence-electron chi connectivity index (χ1n) is 7.55. The fourth-order valence-corrected chi connectivity index (χ4v) is 2.69. The first kappa shape index (κ1) is 14.4. The van der Waals surface area contributed by atoms with Crippen LogP contribution in [0.15, 0.2) is 48.5 Å². The van der Waals surface area contributed by atoms with Crippen molar-refractivity contribution < 1.29 is 5.11 Å². The van der Waals surface area contributed by atoms with Crippen LogP contribution in [0.2, 0.25) is 0 Å². The quantitative estimate of drug-likeness (QED) is 0.775. The smallest absolute Gasteiger partial charge is 0.222 e. The van der Waals surface area contributed by atoms with Gasteiger partial charge in [0.25, 0.3) is 0 Å². The fraction of sp³-hybridized carbons (Fsp3) is 0.211. The molecule has 0 radical (unpaired) electrons. The van der Waals surface area contributed by atoms with E-state index in [-0.39, 0.29) is 5.88 Å². The van der Waals surface area contributed by atoms with Crippen molar-refractivity contribution in [3.05, 3.63) is 65.4 Å². The van der Waals surface area contributed by atoms with Crippen LogP contribution in [0.25, 0.3) is 16.8 Å². The highest BCUT2D eigenvalue weighted by Crippen LogP contribution is 2.35. The lowest BCUT2D eigenvalue weighted by molar-refractivity contribution is 0.435. The molecule has 2 aromatic carbocycles. The molecule has 0 amide bonds. The molecule has 0 unspecified atom stereocenters. The summed E-state index contributed by atoms with van der Waals surface area (Å²) >= 11 is 0. The minimum atomic E-state index is 0.204. The van der Waals surface area contributed by atoms with Gasteiger partial charge in [-0.25, -0.2) is 4.68 Å². The normalized spacial score (nSPS) is 10.9. The molecule has 0 aliphatic carbocycles. The number of rotatable bonds is 3. The van der Waals surface area contributed by atoms with Crippen LogP contribution in [0.3, 0.4) is 0 Å². The monoisotopic (exact) mass is 292 g/mol. The molecular weight excluding hydrogens is 272 g/mol. The van der Waals surface area contributed by atoms with Gasteiger partial charge in [0.2, 0.25) is 5.88 Å². The van der Waals surface area contributed by atoms with Crippen molar-refractivity contribution in [2.24, 2.45) is 0 Å². The molecule has 22 heavy (non-hydrogen) atoms. The van der Waals surface area contributed by atoms with Crippen molar-refractivity contribution in [2.45, 2.75) is 27.2 Å². The standard InChI is InChI=1S/C19H20N2O/c1-4-16-18(15-11-9-13(2)10-12-15)19(22)21(20-16)17-8-6-5-7-14(17)3/h5-12,22H,4H2,1-3H3. The molecule has 0 aliphatic rings.